The van der Waals surface area contributed by atoms with E-state index in [1.807, 2.05) is 6.92 Å². The number of nitrogens with two attached hydrogens (primary N) is 1. The van der Waals surface area contributed by atoms with Gasteiger partial charge in [-0.2, -0.15) is 0 Å². The molecule has 5 heteroatoms. The van der Waals surface area contributed by atoms with Crippen LogP contribution in [-0.4, -0.2) is 16.6 Å². The van der Waals surface area contributed by atoms with Crippen LogP contribution in [0.15, 0.2) is 0 Å². The zero-order chi connectivity index (χ0) is 15.6. The Labute approximate surface area is 136 Å². The highest BCUT2D eigenvalue weighted by Gasteiger charge is 2.34. The summed E-state index contributed by atoms with van der Waals surface area (Å²) in [7, 11) is 0. The lowest BCUT2D eigenvalue weighted by Gasteiger charge is -2.32. The average Bonchev–Trinajstić information content (AvgIpc) is 2.38. The fourth-order valence-electron chi connectivity index (χ4n) is 2.28. The van der Waals surface area contributed by atoms with E-state index in [4.69, 9.17) is 15.5 Å². The number of hydrogen-bond acceptors (Lipinski definition) is 4. The highest BCUT2D eigenvalue weighted by Crippen LogP contribution is 2.35. The molecule has 0 spiro atoms. The summed E-state index contributed by atoms with van der Waals surface area (Å²) in [6.07, 6.45) is 1.67. The van der Waals surface area contributed by atoms with Crippen molar-refractivity contribution in [2.24, 2.45) is 0 Å². The van der Waals surface area contributed by atoms with Crippen LogP contribution < -0.4 is 5.73 Å². The molecule has 0 aliphatic carbocycles. The molecule has 0 aromatic carbocycles. The van der Waals surface area contributed by atoms with Crippen LogP contribution in [0, 0.1) is 3.57 Å². The fraction of sp³-hybridized carbons (Fsp3) is 0.733. The Hall–Kier alpha value is -0.430. The molecule has 0 saturated heterocycles. The Balaban J connectivity index is 3.49. The van der Waals surface area contributed by atoms with Crippen molar-refractivity contribution in [1.82, 2.24) is 9.97 Å². The molecule has 1 aromatic heterocycles. The first-order valence-electron chi connectivity index (χ1n) is 7.19. The molecule has 0 bridgehead atoms. The molecule has 0 fully saturated rings. The molecule has 2 N–H and O–H groups in total. The van der Waals surface area contributed by atoms with Crippen LogP contribution in [0.25, 0.3) is 0 Å². The highest BCUT2D eigenvalue weighted by molar-refractivity contribution is 14.1. The Bertz CT molecular complexity index is 465. The number of nitrogens with zero attached hydrogens (tertiary/aromatic N) is 2. The van der Waals surface area contributed by atoms with Gasteiger partial charge in [0.15, 0.2) is 5.82 Å². The van der Waals surface area contributed by atoms with Gasteiger partial charge >= 0.3 is 0 Å². The van der Waals surface area contributed by atoms with Gasteiger partial charge in [0, 0.05) is 12.0 Å². The second kappa shape index (κ2) is 6.56. The van der Waals surface area contributed by atoms with E-state index in [9.17, 15) is 0 Å². The Morgan fingerprint density at radius 1 is 1.10 bits per heavy atom. The van der Waals surface area contributed by atoms with Crippen molar-refractivity contribution in [1.29, 1.82) is 0 Å². The summed E-state index contributed by atoms with van der Waals surface area (Å²) in [4.78, 5) is 9.33. The van der Waals surface area contributed by atoms with Crippen LogP contribution in [0.4, 0.5) is 5.82 Å². The molecule has 0 aliphatic rings. The summed E-state index contributed by atoms with van der Waals surface area (Å²) >= 11 is 2.23. The zero-order valence-electron chi connectivity index (χ0n) is 13.4. The van der Waals surface area contributed by atoms with Crippen molar-refractivity contribution >= 4 is 28.4 Å². The van der Waals surface area contributed by atoms with Crippen LogP contribution in [0.5, 0.6) is 0 Å². The number of aromatic nitrogens is 2. The largest absolute Gasteiger partial charge is 0.383 e. The van der Waals surface area contributed by atoms with Crippen molar-refractivity contribution in [3.8, 4) is 0 Å². The number of nitrogen functional groups attached to an aromatic ring is 1. The normalized spacial score (nSPS) is 12.8. The standard InChI is InChI=1S/C15H26IN3O/c1-7-15(8-2,20-9-3)13-18-11(14(4,5)6)10(16)12(17)19-13/h7-9H2,1-6H3,(H2,17,18,19). The van der Waals surface area contributed by atoms with Gasteiger partial charge in [0.2, 0.25) is 0 Å². The van der Waals surface area contributed by atoms with Gasteiger partial charge in [0.1, 0.15) is 11.4 Å². The summed E-state index contributed by atoms with van der Waals surface area (Å²) in [6.45, 7) is 13.3. The number of hydrogen-bond donors (Lipinski definition) is 1. The minimum Gasteiger partial charge on any atom is -0.383 e. The van der Waals surface area contributed by atoms with Crippen LogP contribution in [0.2, 0.25) is 0 Å². The Morgan fingerprint density at radius 3 is 2.05 bits per heavy atom. The maximum atomic E-state index is 6.11. The first-order chi connectivity index (χ1) is 9.21. The lowest BCUT2D eigenvalue weighted by molar-refractivity contribution is -0.0573. The minimum absolute atomic E-state index is 0.0677. The van der Waals surface area contributed by atoms with Crippen LogP contribution in [0.3, 0.4) is 0 Å². The summed E-state index contributed by atoms with van der Waals surface area (Å²) in [5.74, 6) is 1.26. The molecule has 1 heterocycles. The molecule has 0 amide bonds. The first-order valence-corrected chi connectivity index (χ1v) is 8.27. The Kier molecular flexibility index (Phi) is 5.78. The zero-order valence-corrected chi connectivity index (χ0v) is 15.5. The summed E-state index contributed by atoms with van der Waals surface area (Å²) in [6, 6.07) is 0. The predicted octanol–water partition coefficient (Wildman–Crippen LogP) is 4.01. The molecule has 114 valence electrons. The average molecular weight is 391 g/mol. The molecule has 0 atom stereocenters. The van der Waals surface area contributed by atoms with E-state index in [1.54, 1.807) is 0 Å². The summed E-state index contributed by atoms with van der Waals surface area (Å²) < 4.78 is 6.93. The second-order valence-corrected chi connectivity index (χ2v) is 7.06. The molecule has 0 saturated carbocycles. The second-order valence-electron chi connectivity index (χ2n) is 5.98. The lowest BCUT2D eigenvalue weighted by Crippen LogP contribution is -2.33. The lowest BCUT2D eigenvalue weighted by atomic mass is 9.90. The highest BCUT2D eigenvalue weighted by atomic mass is 127. The molecular formula is C15H26IN3O. The van der Waals surface area contributed by atoms with E-state index in [1.165, 1.54) is 0 Å². The molecule has 20 heavy (non-hydrogen) atoms. The summed E-state index contributed by atoms with van der Waals surface area (Å²) in [5, 5.41) is 0. The summed E-state index contributed by atoms with van der Waals surface area (Å²) in [5.41, 5.74) is 6.59. The van der Waals surface area contributed by atoms with E-state index >= 15 is 0 Å². The third kappa shape index (κ3) is 3.42. The molecule has 0 radical (unpaired) electrons. The maximum Gasteiger partial charge on any atom is 0.162 e. The fourth-order valence-corrected chi connectivity index (χ4v) is 3.33. The van der Waals surface area contributed by atoms with Gasteiger partial charge < -0.3 is 10.5 Å². The monoisotopic (exact) mass is 391 g/mol. The van der Waals surface area contributed by atoms with Crippen molar-refractivity contribution in [3.05, 3.63) is 15.1 Å². The number of halogens is 1. The van der Waals surface area contributed by atoms with E-state index in [0.29, 0.717) is 18.2 Å². The van der Waals surface area contributed by atoms with E-state index in [2.05, 4.69) is 62.2 Å². The van der Waals surface area contributed by atoms with Gasteiger partial charge in [0.25, 0.3) is 0 Å². The van der Waals surface area contributed by atoms with E-state index in [0.717, 1.165) is 22.1 Å². The first kappa shape index (κ1) is 17.6. The Morgan fingerprint density at radius 2 is 1.65 bits per heavy atom. The number of rotatable bonds is 5. The third-order valence-corrected chi connectivity index (χ3v) is 4.62. The molecule has 4 nitrogen and oxygen atoms in total. The van der Waals surface area contributed by atoms with E-state index < -0.39 is 5.60 Å². The molecular weight excluding hydrogens is 365 g/mol. The maximum absolute atomic E-state index is 6.11. The van der Waals surface area contributed by atoms with Crippen LogP contribution in [-0.2, 0) is 15.8 Å². The van der Waals surface area contributed by atoms with Gasteiger partial charge in [0.05, 0.1) is 9.26 Å². The minimum atomic E-state index is -0.437. The predicted molar refractivity (Wildman–Crippen MR) is 91.7 cm³/mol. The SMILES string of the molecule is CCOC(CC)(CC)c1nc(N)c(I)c(C(C)(C)C)n1. The molecule has 0 unspecified atom stereocenters. The van der Waals surface area contributed by atoms with Gasteiger partial charge in [-0.3, -0.25) is 0 Å². The number of anilines is 1. The van der Waals surface area contributed by atoms with Gasteiger partial charge in [-0.15, -0.1) is 0 Å². The molecule has 1 rings (SSSR count). The van der Waals surface area contributed by atoms with Crippen molar-refractivity contribution < 1.29 is 4.74 Å². The van der Waals surface area contributed by atoms with Gasteiger partial charge in [-0.1, -0.05) is 34.6 Å². The van der Waals surface area contributed by atoms with Crippen LogP contribution >= 0.6 is 22.6 Å². The quantitative estimate of drug-likeness (QED) is 0.771. The van der Waals surface area contributed by atoms with Crippen molar-refractivity contribution in [2.75, 3.05) is 12.3 Å². The van der Waals surface area contributed by atoms with E-state index in [-0.39, 0.29) is 5.41 Å². The number of ether oxygens (including phenoxy) is 1. The van der Waals surface area contributed by atoms with Gasteiger partial charge in [-0.05, 0) is 42.4 Å². The molecule has 0 aliphatic heterocycles. The molecule has 1 aromatic rings. The van der Waals surface area contributed by atoms with Crippen molar-refractivity contribution in [2.45, 2.75) is 65.4 Å². The van der Waals surface area contributed by atoms with Crippen molar-refractivity contribution in [3.63, 3.8) is 0 Å². The topological polar surface area (TPSA) is 61.0 Å². The smallest absolute Gasteiger partial charge is 0.162 e. The van der Waals surface area contributed by atoms with Crippen LogP contribution in [0.1, 0.15) is 65.9 Å². The third-order valence-electron chi connectivity index (χ3n) is 3.56. The van der Waals surface area contributed by atoms with Gasteiger partial charge in [-0.25, -0.2) is 9.97 Å².